The fraction of sp³-hybridized carbons (Fsp3) is 0.333. The van der Waals surface area contributed by atoms with Gasteiger partial charge in [0, 0.05) is 25.2 Å². The summed E-state index contributed by atoms with van der Waals surface area (Å²) in [5.74, 6) is 0.930. The van der Waals surface area contributed by atoms with Gasteiger partial charge in [-0.15, -0.1) is 0 Å². The van der Waals surface area contributed by atoms with Crippen LogP contribution in [0.25, 0.3) is 0 Å². The Morgan fingerprint density at radius 2 is 1.10 bits per heavy atom. The molecule has 30 heavy (non-hydrogen) atoms. The third kappa shape index (κ3) is 5.50. The molecule has 1 saturated heterocycles. The van der Waals surface area contributed by atoms with E-state index < -0.39 is 0 Å². The summed E-state index contributed by atoms with van der Waals surface area (Å²) < 4.78 is 5.93. The average Bonchev–Trinajstić information content (AvgIpc) is 2.78. The molecule has 156 valence electrons. The number of piperazine rings is 1. The maximum absolute atomic E-state index is 5.93. The van der Waals surface area contributed by atoms with Crippen LogP contribution in [0.1, 0.15) is 16.7 Å². The number of hydrogen-bond donors (Lipinski definition) is 0. The van der Waals surface area contributed by atoms with Crippen LogP contribution in [0.15, 0.2) is 84.9 Å². The van der Waals surface area contributed by atoms with Crippen LogP contribution < -0.4 is 4.74 Å². The molecule has 4 rings (SSSR count). The summed E-state index contributed by atoms with van der Waals surface area (Å²) in [6.45, 7) is 2.81. The zero-order valence-corrected chi connectivity index (χ0v) is 18.1. The zero-order valence-electron chi connectivity index (χ0n) is 18.1. The first-order valence-corrected chi connectivity index (χ1v) is 10.9. The summed E-state index contributed by atoms with van der Waals surface area (Å²) in [6, 6.07) is 30.9. The van der Waals surface area contributed by atoms with Gasteiger partial charge in [-0.1, -0.05) is 72.8 Å². The Morgan fingerprint density at radius 3 is 1.63 bits per heavy atom. The Kier molecular flexibility index (Phi) is 6.83. The maximum Gasteiger partial charge on any atom is 0.119 e. The van der Waals surface area contributed by atoms with Gasteiger partial charge < -0.3 is 14.5 Å². The fourth-order valence-electron chi connectivity index (χ4n) is 4.30. The number of rotatable bonds is 7. The molecular weight excluding hydrogens is 368 g/mol. The summed E-state index contributed by atoms with van der Waals surface area (Å²) in [6.07, 6.45) is 2.18. The second-order valence-electron chi connectivity index (χ2n) is 8.50. The van der Waals surface area contributed by atoms with Crippen molar-refractivity contribution >= 4 is 0 Å². The van der Waals surface area contributed by atoms with Crippen LogP contribution in [0.2, 0.25) is 0 Å². The van der Waals surface area contributed by atoms with E-state index >= 15 is 0 Å². The van der Waals surface area contributed by atoms with E-state index in [0.717, 1.165) is 31.7 Å². The van der Waals surface area contributed by atoms with Gasteiger partial charge in [-0.2, -0.15) is 0 Å². The van der Waals surface area contributed by atoms with Gasteiger partial charge in [-0.3, -0.25) is 0 Å². The lowest BCUT2D eigenvalue weighted by atomic mass is 9.97. The Labute approximate surface area is 180 Å². The molecule has 0 saturated carbocycles. The molecule has 1 fully saturated rings. The normalized spacial score (nSPS) is 20.2. The van der Waals surface area contributed by atoms with Crippen molar-refractivity contribution in [2.24, 2.45) is 0 Å². The minimum Gasteiger partial charge on any atom is -0.489 e. The third-order valence-corrected chi connectivity index (χ3v) is 6.20. The molecule has 3 aromatic carbocycles. The number of benzene rings is 3. The molecule has 0 radical (unpaired) electrons. The van der Waals surface area contributed by atoms with Crippen LogP contribution in [0.5, 0.6) is 5.75 Å². The van der Waals surface area contributed by atoms with Crippen LogP contribution >= 0.6 is 0 Å². The summed E-state index contributed by atoms with van der Waals surface area (Å²) in [5.41, 5.74) is 3.99. The van der Waals surface area contributed by atoms with Crippen molar-refractivity contribution in [2.75, 3.05) is 27.2 Å². The van der Waals surface area contributed by atoms with Crippen molar-refractivity contribution in [3.8, 4) is 5.75 Å². The van der Waals surface area contributed by atoms with E-state index in [1.54, 1.807) is 0 Å². The third-order valence-electron chi connectivity index (χ3n) is 6.20. The predicted octanol–water partition coefficient (Wildman–Crippen LogP) is 4.67. The smallest absolute Gasteiger partial charge is 0.119 e. The monoisotopic (exact) mass is 400 g/mol. The number of ether oxygens (including phenoxy) is 1. The molecule has 0 N–H and O–H groups in total. The van der Waals surface area contributed by atoms with Crippen molar-refractivity contribution in [1.29, 1.82) is 0 Å². The highest BCUT2D eigenvalue weighted by Gasteiger charge is 2.29. The largest absolute Gasteiger partial charge is 0.489 e. The Balaban J connectivity index is 1.30. The predicted molar refractivity (Wildman–Crippen MR) is 124 cm³/mol. The van der Waals surface area contributed by atoms with E-state index in [9.17, 15) is 0 Å². The molecule has 2 atom stereocenters. The number of likely N-dealkylation sites (N-methyl/N-ethyl adjacent to an activating group) is 2. The van der Waals surface area contributed by atoms with E-state index in [-0.39, 0.29) is 0 Å². The summed E-state index contributed by atoms with van der Waals surface area (Å²) in [5, 5.41) is 0. The Hall–Kier alpha value is -2.62. The van der Waals surface area contributed by atoms with Crippen LogP contribution in [-0.2, 0) is 19.4 Å². The van der Waals surface area contributed by atoms with E-state index in [4.69, 9.17) is 4.74 Å². The molecule has 0 aromatic heterocycles. The average molecular weight is 401 g/mol. The highest BCUT2D eigenvalue weighted by Crippen LogP contribution is 2.21. The first-order chi connectivity index (χ1) is 14.7. The van der Waals surface area contributed by atoms with Crippen molar-refractivity contribution in [3.05, 3.63) is 102 Å². The molecule has 0 aliphatic carbocycles. The molecule has 1 aliphatic heterocycles. The van der Waals surface area contributed by atoms with E-state index in [2.05, 4.69) is 90.6 Å². The van der Waals surface area contributed by atoms with Gasteiger partial charge >= 0.3 is 0 Å². The minimum atomic E-state index is 0.540. The molecule has 0 spiro atoms. The molecule has 0 bridgehead atoms. The first-order valence-electron chi connectivity index (χ1n) is 10.9. The topological polar surface area (TPSA) is 15.7 Å². The van der Waals surface area contributed by atoms with Gasteiger partial charge in [-0.05, 0) is 55.8 Å². The molecule has 1 heterocycles. The van der Waals surface area contributed by atoms with Crippen LogP contribution in [0.4, 0.5) is 0 Å². The van der Waals surface area contributed by atoms with E-state index in [1.165, 1.54) is 16.7 Å². The van der Waals surface area contributed by atoms with E-state index in [1.807, 2.05) is 18.2 Å². The lowest BCUT2D eigenvalue weighted by Crippen LogP contribution is -2.56. The second kappa shape index (κ2) is 9.92. The molecule has 3 heteroatoms. The van der Waals surface area contributed by atoms with Crippen LogP contribution in [0, 0.1) is 0 Å². The molecular formula is C27H32N2O. The van der Waals surface area contributed by atoms with Gasteiger partial charge in [0.15, 0.2) is 0 Å². The van der Waals surface area contributed by atoms with Gasteiger partial charge in [0.2, 0.25) is 0 Å². The van der Waals surface area contributed by atoms with Gasteiger partial charge in [0.1, 0.15) is 12.4 Å². The molecule has 3 aromatic rings. The Morgan fingerprint density at radius 1 is 0.633 bits per heavy atom. The van der Waals surface area contributed by atoms with Gasteiger partial charge in [-0.25, -0.2) is 0 Å². The molecule has 0 unspecified atom stereocenters. The molecule has 0 amide bonds. The summed E-state index contributed by atoms with van der Waals surface area (Å²) in [4.78, 5) is 5.07. The van der Waals surface area contributed by atoms with Crippen molar-refractivity contribution in [2.45, 2.75) is 31.5 Å². The summed E-state index contributed by atoms with van der Waals surface area (Å²) >= 11 is 0. The minimum absolute atomic E-state index is 0.540. The summed E-state index contributed by atoms with van der Waals surface area (Å²) in [7, 11) is 4.54. The number of hydrogen-bond acceptors (Lipinski definition) is 3. The standard InChI is InChI=1S/C27H32N2O/c1-28-20-26(29(2)19-25(28)17-22-9-5-3-6-10-22)18-23-13-15-27(16-14-23)30-21-24-11-7-4-8-12-24/h3-16,25-26H,17-21H2,1-2H3/t25-,26-/m0/s1. The molecule has 1 aliphatic rings. The van der Waals surface area contributed by atoms with Crippen LogP contribution in [-0.4, -0.2) is 49.1 Å². The highest BCUT2D eigenvalue weighted by atomic mass is 16.5. The van der Waals surface area contributed by atoms with Gasteiger partial charge in [0.05, 0.1) is 0 Å². The lowest BCUT2D eigenvalue weighted by molar-refractivity contribution is 0.0633. The van der Waals surface area contributed by atoms with Crippen molar-refractivity contribution in [1.82, 2.24) is 9.80 Å². The Bertz CT molecular complexity index is 895. The maximum atomic E-state index is 5.93. The molecule has 3 nitrogen and oxygen atoms in total. The first kappa shape index (κ1) is 20.6. The van der Waals surface area contributed by atoms with Crippen molar-refractivity contribution in [3.63, 3.8) is 0 Å². The van der Waals surface area contributed by atoms with Gasteiger partial charge in [0.25, 0.3) is 0 Å². The quantitative estimate of drug-likeness (QED) is 0.573. The van der Waals surface area contributed by atoms with Crippen LogP contribution in [0.3, 0.4) is 0 Å². The second-order valence-corrected chi connectivity index (χ2v) is 8.50. The van der Waals surface area contributed by atoms with E-state index in [0.29, 0.717) is 18.7 Å². The highest BCUT2D eigenvalue weighted by molar-refractivity contribution is 5.28. The zero-order chi connectivity index (χ0) is 20.8. The van der Waals surface area contributed by atoms with Crippen molar-refractivity contribution < 1.29 is 4.74 Å². The fourth-order valence-corrected chi connectivity index (χ4v) is 4.30. The number of nitrogens with zero attached hydrogens (tertiary/aromatic N) is 2. The SMILES string of the molecule is CN1C[C@H](Cc2ccc(OCc3ccccc3)cc2)N(C)C[C@@H]1Cc1ccccc1. The lowest BCUT2D eigenvalue weighted by Gasteiger charge is -2.43.